The van der Waals surface area contributed by atoms with Gasteiger partial charge < -0.3 is 9.53 Å². The number of Topliss-reactive ketones (excluding diaryl/α,β-unsaturated/α-hetero) is 3. The highest BCUT2D eigenvalue weighted by molar-refractivity contribution is 5.92. The molecule has 0 radical (unpaired) electrons. The van der Waals surface area contributed by atoms with Crippen LogP contribution >= 0.6 is 0 Å². The molecule has 1 atom stereocenters. The highest BCUT2D eigenvalue weighted by Crippen LogP contribution is 2.07. The molecule has 7 heteroatoms. The number of carbonyl (C=O) groups excluding carboxylic acids is 5. The van der Waals surface area contributed by atoms with Crippen LogP contribution in [0.25, 0.3) is 0 Å². The smallest absolute Gasteiger partial charge is 0.333 e. The predicted octanol–water partition coefficient (Wildman–Crippen LogP) is 1.26. The van der Waals surface area contributed by atoms with Gasteiger partial charge in [0, 0.05) is 19.4 Å². The highest BCUT2D eigenvalue weighted by atomic mass is 16.6. The summed E-state index contributed by atoms with van der Waals surface area (Å²) in [5.41, 5.74) is 3.00. The molecule has 0 aromatic heterocycles. The first-order valence-electron chi connectivity index (χ1n) is 8.09. The van der Waals surface area contributed by atoms with E-state index in [0.29, 0.717) is 13.0 Å². The largest absolute Gasteiger partial charge is 0.365 e. The zero-order valence-corrected chi connectivity index (χ0v) is 17.2. The minimum absolute atomic E-state index is 0.0370. The van der Waals surface area contributed by atoms with Gasteiger partial charge in [-0.25, -0.2) is 4.79 Å². The Hall–Kier alpha value is -2.69. The van der Waals surface area contributed by atoms with Gasteiger partial charge in [-0.05, 0) is 39.7 Å². The van der Waals surface area contributed by atoms with Crippen LogP contribution in [0.2, 0.25) is 0 Å². The Kier molecular flexibility index (Phi) is 27.6. The molecule has 1 aliphatic rings. The molecule has 0 spiro atoms. The monoisotopic (exact) mass is 382 g/mol. The van der Waals surface area contributed by atoms with E-state index < -0.39 is 0 Å². The first-order chi connectivity index (χ1) is 12.4. The van der Waals surface area contributed by atoms with Crippen LogP contribution in [0, 0.1) is 12.3 Å². The predicted molar refractivity (Wildman–Crippen MR) is 104 cm³/mol. The highest BCUT2D eigenvalue weighted by Gasteiger charge is 2.26. The number of rotatable bonds is 4. The van der Waals surface area contributed by atoms with E-state index in [0.717, 1.165) is 0 Å². The lowest BCUT2D eigenvalue weighted by Gasteiger charge is -1.72. The van der Waals surface area contributed by atoms with Gasteiger partial charge in [0.2, 0.25) is 5.78 Å². The van der Waals surface area contributed by atoms with E-state index in [2.05, 4.69) is 23.5 Å². The molecule has 1 rings (SSSR count). The second-order valence-corrected chi connectivity index (χ2v) is 4.97. The number of allylic oxidation sites excluding steroid dienone is 2. The Morgan fingerprint density at radius 2 is 1.52 bits per heavy atom. The average molecular weight is 382 g/mol. The van der Waals surface area contributed by atoms with Crippen molar-refractivity contribution < 1.29 is 34.4 Å². The van der Waals surface area contributed by atoms with Crippen LogP contribution in [0.5, 0.6) is 0 Å². The molecule has 7 nitrogen and oxygen atoms in total. The maximum Gasteiger partial charge on any atom is 0.333 e. The van der Waals surface area contributed by atoms with Crippen molar-refractivity contribution in [1.82, 2.24) is 0 Å². The van der Waals surface area contributed by atoms with Crippen LogP contribution in [0.1, 0.15) is 48.0 Å². The summed E-state index contributed by atoms with van der Waals surface area (Å²) >= 11 is 0. The van der Waals surface area contributed by atoms with Gasteiger partial charge in [0.1, 0.15) is 11.9 Å². The molecule has 0 saturated carbocycles. The molecule has 0 aliphatic carbocycles. The van der Waals surface area contributed by atoms with Crippen molar-refractivity contribution in [2.24, 2.45) is 0 Å². The first-order valence-corrected chi connectivity index (χ1v) is 8.09. The van der Waals surface area contributed by atoms with Gasteiger partial charge in [-0.1, -0.05) is 19.6 Å². The number of terminal acetylenes is 1. The third-order valence-electron chi connectivity index (χ3n) is 2.12. The van der Waals surface area contributed by atoms with E-state index in [9.17, 15) is 24.0 Å². The van der Waals surface area contributed by atoms with E-state index in [1.807, 2.05) is 19.8 Å². The molecule has 0 aromatic rings. The summed E-state index contributed by atoms with van der Waals surface area (Å²) in [6.45, 7) is 13.5. The fraction of sp³-hybridized carbons (Fsp3) is 0.450. The second-order valence-electron chi connectivity index (χ2n) is 4.97. The summed E-state index contributed by atoms with van der Waals surface area (Å²) in [5, 5.41) is 0. The molecule has 0 aromatic carbocycles. The minimum Gasteiger partial charge on any atom is -0.365 e. The summed E-state index contributed by atoms with van der Waals surface area (Å²) < 4.78 is 4.62. The molecule has 3 N–H and O–H groups in total. The van der Waals surface area contributed by atoms with Crippen molar-refractivity contribution in [1.29, 1.82) is 0 Å². The number of ether oxygens (including phenoxy) is 1. The summed E-state index contributed by atoms with van der Waals surface area (Å²) in [6.07, 6.45) is 9.62. The average Bonchev–Trinajstić information content (AvgIpc) is 3.42. The molecular weight excluding hydrogens is 350 g/mol. The maximum atomic E-state index is 10.1. The van der Waals surface area contributed by atoms with E-state index in [1.165, 1.54) is 32.9 Å². The molecule has 1 unspecified atom stereocenters. The van der Waals surface area contributed by atoms with E-state index in [1.54, 1.807) is 13.0 Å². The van der Waals surface area contributed by atoms with Gasteiger partial charge in [0.05, 0.1) is 6.61 Å². The van der Waals surface area contributed by atoms with Crippen LogP contribution in [0.3, 0.4) is 0 Å². The normalized spacial score (nSPS) is 12.4. The molecule has 152 valence electrons. The van der Waals surface area contributed by atoms with Gasteiger partial charge in [0.25, 0.3) is 0 Å². The van der Waals surface area contributed by atoms with Crippen molar-refractivity contribution in [3.8, 4) is 12.3 Å². The number of ketones is 4. The second kappa shape index (κ2) is 23.3. The van der Waals surface area contributed by atoms with Crippen LogP contribution in [0.4, 0.5) is 0 Å². The summed E-state index contributed by atoms with van der Waals surface area (Å²) in [7, 11) is 0. The van der Waals surface area contributed by atoms with Gasteiger partial charge in [-0.3, -0.25) is 20.1 Å². The number of quaternary nitrogens is 1. The van der Waals surface area contributed by atoms with Gasteiger partial charge >= 0.3 is 5.91 Å². The van der Waals surface area contributed by atoms with Crippen molar-refractivity contribution in [2.75, 3.05) is 6.61 Å². The van der Waals surface area contributed by atoms with E-state index >= 15 is 0 Å². The number of carbonyl (C=O) groups is 5. The van der Waals surface area contributed by atoms with Gasteiger partial charge in [-0.15, -0.1) is 6.42 Å². The van der Waals surface area contributed by atoms with Crippen molar-refractivity contribution in [3.63, 3.8) is 0 Å². The van der Waals surface area contributed by atoms with Crippen molar-refractivity contribution in [3.05, 3.63) is 24.8 Å². The molecule has 1 aliphatic heterocycles. The molecular formula is C20H32NO6+. The lowest BCUT2D eigenvalue weighted by Crippen LogP contribution is -2.55. The Labute approximate surface area is 162 Å². The number of amides is 1. The third-order valence-corrected chi connectivity index (χ3v) is 2.12. The first kappa shape index (κ1) is 32.0. The standard InChI is InChI=1S/C5H8O.C4H6O2.C4H8O.C4H4O.C3H5NO/c1-3-4-5(2)6;1-3(5)4-2-6-4;2*1-3-4(2)5;1-2-3(4)5/h3-4H,1-2H3;4H,2H2,1H3;3H2,1-2H3;1H,2H3;2H,1H2,(H2,4,5)/p+1/b4-3+;;;;. The van der Waals surface area contributed by atoms with Crippen LogP contribution in [-0.4, -0.2) is 41.8 Å². The molecule has 1 heterocycles. The van der Waals surface area contributed by atoms with E-state index in [-0.39, 0.29) is 35.1 Å². The van der Waals surface area contributed by atoms with Crippen LogP contribution in [0.15, 0.2) is 24.8 Å². The number of hydrogen-bond donors (Lipinski definition) is 1. The Bertz CT molecular complexity index is 551. The third kappa shape index (κ3) is 59.8. The van der Waals surface area contributed by atoms with Crippen molar-refractivity contribution in [2.45, 2.75) is 54.1 Å². The maximum absolute atomic E-state index is 10.1. The summed E-state index contributed by atoms with van der Waals surface area (Å²) in [5.74, 6) is 1.95. The Morgan fingerprint density at radius 3 is 1.52 bits per heavy atom. The van der Waals surface area contributed by atoms with Crippen LogP contribution < -0.4 is 5.73 Å². The topological polar surface area (TPSA) is 126 Å². The van der Waals surface area contributed by atoms with Gasteiger partial charge in [-0.2, -0.15) is 0 Å². The van der Waals surface area contributed by atoms with E-state index in [4.69, 9.17) is 0 Å². The zero-order valence-electron chi connectivity index (χ0n) is 17.2. The molecule has 27 heavy (non-hydrogen) atoms. The summed E-state index contributed by atoms with van der Waals surface area (Å²) in [6, 6.07) is 0. The Morgan fingerprint density at radius 1 is 1.19 bits per heavy atom. The molecule has 1 fully saturated rings. The quantitative estimate of drug-likeness (QED) is 0.338. The molecule has 1 amide bonds. The SMILES string of the molecule is C#CC(C)=O.C/C=C/C(C)=O.C=CC([NH3+])=O.CC(=O)C1CO1.CCC(C)=O. The summed E-state index contributed by atoms with van der Waals surface area (Å²) in [4.78, 5) is 49.0. The zero-order chi connectivity index (χ0) is 22.4. The lowest BCUT2D eigenvalue weighted by molar-refractivity contribution is -0.297. The number of epoxide rings is 1. The van der Waals surface area contributed by atoms with Gasteiger partial charge in [0.15, 0.2) is 11.6 Å². The molecule has 0 bridgehead atoms. The fourth-order valence-corrected chi connectivity index (χ4v) is 0.518. The number of hydrogen-bond acceptors (Lipinski definition) is 6. The Balaban J connectivity index is -0.000000123. The minimum atomic E-state index is -0.231. The lowest BCUT2D eigenvalue weighted by atomic mass is 10.3. The van der Waals surface area contributed by atoms with Crippen molar-refractivity contribution >= 4 is 29.0 Å². The fourth-order valence-electron chi connectivity index (χ4n) is 0.518. The van der Waals surface area contributed by atoms with Crippen LogP contribution in [-0.2, 0) is 28.7 Å². The molecule has 1 saturated heterocycles.